The molecule has 0 bridgehead atoms. The van der Waals surface area contributed by atoms with Crippen molar-refractivity contribution in [1.82, 2.24) is 30.8 Å². The van der Waals surface area contributed by atoms with Gasteiger partial charge < -0.3 is 5.32 Å². The molecule has 2 N–H and O–H groups in total. The van der Waals surface area contributed by atoms with Crippen LogP contribution < -0.4 is 10.6 Å². The summed E-state index contributed by atoms with van der Waals surface area (Å²) in [5.74, 6) is 0.438. The van der Waals surface area contributed by atoms with E-state index in [0.717, 1.165) is 17.5 Å². The van der Waals surface area contributed by atoms with Gasteiger partial charge in [-0.1, -0.05) is 38.1 Å². The number of amides is 3. The van der Waals surface area contributed by atoms with Crippen LogP contribution in [-0.4, -0.2) is 38.7 Å². The van der Waals surface area contributed by atoms with Crippen LogP contribution in [0.5, 0.6) is 0 Å². The number of imide groups is 1. The molecule has 0 fully saturated rings. The van der Waals surface area contributed by atoms with E-state index in [4.69, 9.17) is 0 Å². The summed E-state index contributed by atoms with van der Waals surface area (Å²) in [6, 6.07) is 7.13. The molecule has 0 atom stereocenters. The summed E-state index contributed by atoms with van der Waals surface area (Å²) in [5.41, 5.74) is 1.88. The summed E-state index contributed by atoms with van der Waals surface area (Å²) in [6.45, 7) is 6.43. The number of urea groups is 1. The first-order chi connectivity index (χ1) is 11.5. The van der Waals surface area contributed by atoms with Gasteiger partial charge in [-0.25, -0.2) is 4.79 Å². The fourth-order valence-corrected chi connectivity index (χ4v) is 2.05. The normalized spacial score (nSPS) is 10.7. The summed E-state index contributed by atoms with van der Waals surface area (Å²) in [6.07, 6.45) is 0.853. The number of hydrogen-bond acceptors (Lipinski definition) is 5. The van der Waals surface area contributed by atoms with Gasteiger partial charge in [0.1, 0.15) is 6.54 Å². The van der Waals surface area contributed by atoms with Crippen LogP contribution in [0.15, 0.2) is 24.3 Å². The predicted molar refractivity (Wildman–Crippen MR) is 89.0 cm³/mol. The molecule has 1 heterocycles. The van der Waals surface area contributed by atoms with Gasteiger partial charge >= 0.3 is 6.03 Å². The lowest BCUT2D eigenvalue weighted by molar-refractivity contribution is -0.121. The molecule has 2 aromatic rings. The zero-order chi connectivity index (χ0) is 17.5. The molecule has 0 aliphatic carbocycles. The third-order valence-electron chi connectivity index (χ3n) is 3.38. The second-order valence-electron chi connectivity index (χ2n) is 5.94. The molecule has 0 saturated carbocycles. The van der Waals surface area contributed by atoms with Gasteiger partial charge in [0.05, 0.1) is 0 Å². The molecule has 0 aliphatic heterocycles. The molecule has 3 amide bonds. The molecule has 0 radical (unpaired) electrons. The topological polar surface area (TPSA) is 102 Å². The maximum absolute atomic E-state index is 11.8. The fourth-order valence-electron chi connectivity index (χ4n) is 2.05. The van der Waals surface area contributed by atoms with Gasteiger partial charge in [0.25, 0.3) is 5.91 Å². The number of hydrogen-bond donors (Lipinski definition) is 2. The van der Waals surface area contributed by atoms with Crippen LogP contribution in [0.4, 0.5) is 4.79 Å². The Kier molecular flexibility index (Phi) is 6.00. The summed E-state index contributed by atoms with van der Waals surface area (Å²) < 4.78 is 0. The Morgan fingerprint density at radius 2 is 2.00 bits per heavy atom. The minimum Gasteiger partial charge on any atom is -0.338 e. The van der Waals surface area contributed by atoms with Crippen molar-refractivity contribution in [3.63, 3.8) is 0 Å². The number of nitrogens with one attached hydrogen (secondary N) is 2. The van der Waals surface area contributed by atoms with Crippen molar-refractivity contribution in [3.05, 3.63) is 29.8 Å². The zero-order valence-electron chi connectivity index (χ0n) is 14.1. The maximum atomic E-state index is 11.8. The van der Waals surface area contributed by atoms with Gasteiger partial charge in [0.2, 0.25) is 5.82 Å². The smallest absolute Gasteiger partial charge is 0.321 e. The minimum absolute atomic E-state index is 0.170. The lowest BCUT2D eigenvalue weighted by Gasteiger charge is -2.07. The van der Waals surface area contributed by atoms with E-state index >= 15 is 0 Å². The Bertz CT molecular complexity index is 710. The standard InChI is InChI=1S/C16H22N6O2/c1-11(2)8-9-17-16(24)18-14(23)10-22-20-15(19-21-22)13-7-5-4-6-12(13)3/h4-7,11H,8-10H2,1-3H3,(H2,17,18,23,24). The lowest BCUT2D eigenvalue weighted by Crippen LogP contribution is -2.41. The van der Waals surface area contributed by atoms with Crippen LogP contribution in [0, 0.1) is 12.8 Å². The van der Waals surface area contributed by atoms with Gasteiger partial charge in [-0.15, -0.1) is 10.2 Å². The molecule has 8 heteroatoms. The highest BCUT2D eigenvalue weighted by atomic mass is 16.2. The SMILES string of the molecule is Cc1ccccc1-c1nnn(CC(=O)NC(=O)NCCC(C)C)n1. The monoisotopic (exact) mass is 330 g/mol. The Labute approximate surface area is 140 Å². The molecule has 0 saturated heterocycles. The Morgan fingerprint density at radius 3 is 2.71 bits per heavy atom. The van der Waals surface area contributed by atoms with Crippen molar-refractivity contribution >= 4 is 11.9 Å². The fraction of sp³-hybridized carbons (Fsp3) is 0.438. The van der Waals surface area contributed by atoms with Gasteiger partial charge in [0, 0.05) is 12.1 Å². The van der Waals surface area contributed by atoms with Crippen LogP contribution in [0.1, 0.15) is 25.8 Å². The van der Waals surface area contributed by atoms with E-state index in [2.05, 4.69) is 39.9 Å². The van der Waals surface area contributed by atoms with Crippen LogP contribution in [0.25, 0.3) is 11.4 Å². The highest BCUT2D eigenvalue weighted by Crippen LogP contribution is 2.17. The van der Waals surface area contributed by atoms with Crippen LogP contribution in [0.2, 0.25) is 0 Å². The number of rotatable bonds is 6. The third-order valence-corrected chi connectivity index (χ3v) is 3.38. The molecule has 1 aromatic heterocycles. The van der Waals surface area contributed by atoms with Gasteiger partial charge in [-0.2, -0.15) is 4.80 Å². The summed E-state index contributed by atoms with van der Waals surface area (Å²) in [7, 11) is 0. The molecule has 0 aliphatic rings. The largest absolute Gasteiger partial charge is 0.338 e. The average Bonchev–Trinajstić information content (AvgIpc) is 2.95. The molecule has 24 heavy (non-hydrogen) atoms. The number of aryl methyl sites for hydroxylation is 1. The Morgan fingerprint density at radius 1 is 1.25 bits per heavy atom. The number of carbonyl (C=O) groups is 2. The van der Waals surface area contributed by atoms with E-state index in [1.165, 1.54) is 4.80 Å². The first-order valence-electron chi connectivity index (χ1n) is 7.87. The lowest BCUT2D eigenvalue weighted by atomic mass is 10.1. The van der Waals surface area contributed by atoms with Crippen molar-refractivity contribution in [2.75, 3.05) is 6.54 Å². The number of tetrazole rings is 1. The number of nitrogens with zero attached hydrogens (tertiary/aromatic N) is 4. The number of carbonyl (C=O) groups excluding carboxylic acids is 2. The van der Waals surface area contributed by atoms with Crippen molar-refractivity contribution in [2.45, 2.75) is 33.7 Å². The molecule has 8 nitrogen and oxygen atoms in total. The van der Waals surface area contributed by atoms with Crippen molar-refractivity contribution < 1.29 is 9.59 Å². The van der Waals surface area contributed by atoms with E-state index in [9.17, 15) is 9.59 Å². The van der Waals surface area contributed by atoms with E-state index in [0.29, 0.717) is 18.3 Å². The molecule has 128 valence electrons. The third kappa shape index (κ3) is 5.15. The van der Waals surface area contributed by atoms with Crippen molar-refractivity contribution in [1.29, 1.82) is 0 Å². The zero-order valence-corrected chi connectivity index (χ0v) is 14.1. The van der Waals surface area contributed by atoms with Crippen molar-refractivity contribution in [2.24, 2.45) is 5.92 Å². The van der Waals surface area contributed by atoms with Gasteiger partial charge in [0.15, 0.2) is 0 Å². The number of aromatic nitrogens is 4. The van der Waals surface area contributed by atoms with Crippen molar-refractivity contribution in [3.8, 4) is 11.4 Å². The minimum atomic E-state index is -0.514. The van der Waals surface area contributed by atoms with Gasteiger partial charge in [-0.3, -0.25) is 10.1 Å². The second-order valence-corrected chi connectivity index (χ2v) is 5.94. The Balaban J connectivity index is 1.87. The highest BCUT2D eigenvalue weighted by molar-refractivity contribution is 5.94. The van der Waals surface area contributed by atoms with Crippen LogP contribution in [-0.2, 0) is 11.3 Å². The van der Waals surface area contributed by atoms with E-state index in [1.807, 2.05) is 31.2 Å². The summed E-state index contributed by atoms with van der Waals surface area (Å²) in [5, 5.41) is 16.9. The van der Waals surface area contributed by atoms with E-state index in [1.54, 1.807) is 0 Å². The predicted octanol–water partition coefficient (Wildman–Crippen LogP) is 1.52. The molecule has 0 spiro atoms. The first-order valence-corrected chi connectivity index (χ1v) is 7.87. The second kappa shape index (κ2) is 8.19. The summed E-state index contributed by atoms with van der Waals surface area (Å²) in [4.78, 5) is 24.6. The average molecular weight is 330 g/mol. The summed E-state index contributed by atoms with van der Waals surface area (Å²) >= 11 is 0. The molecule has 2 rings (SSSR count). The molecule has 0 unspecified atom stereocenters. The highest BCUT2D eigenvalue weighted by Gasteiger charge is 2.12. The maximum Gasteiger partial charge on any atom is 0.321 e. The van der Waals surface area contributed by atoms with E-state index in [-0.39, 0.29) is 6.54 Å². The number of benzene rings is 1. The Hall–Kier alpha value is -2.77. The first kappa shape index (κ1) is 17.6. The van der Waals surface area contributed by atoms with Crippen LogP contribution >= 0.6 is 0 Å². The van der Waals surface area contributed by atoms with E-state index < -0.39 is 11.9 Å². The quantitative estimate of drug-likeness (QED) is 0.836. The van der Waals surface area contributed by atoms with Crippen LogP contribution in [0.3, 0.4) is 0 Å². The molecular formula is C16H22N6O2. The van der Waals surface area contributed by atoms with Gasteiger partial charge in [-0.05, 0) is 30.0 Å². The molecule has 1 aromatic carbocycles. The molecular weight excluding hydrogens is 308 g/mol.